The number of carbonyl (C=O) groups is 1. The molecule has 184 valence electrons. The Labute approximate surface area is 203 Å². The quantitative estimate of drug-likeness (QED) is 0.532. The lowest BCUT2D eigenvalue weighted by Crippen LogP contribution is -2.42. The predicted molar refractivity (Wildman–Crippen MR) is 131 cm³/mol. The van der Waals surface area contributed by atoms with Gasteiger partial charge in [0.25, 0.3) is 0 Å². The van der Waals surface area contributed by atoms with Crippen molar-refractivity contribution < 1.29 is 13.9 Å². The molecule has 0 bridgehead atoms. The Morgan fingerprint density at radius 3 is 2.89 bits per heavy atom. The molecule has 0 saturated heterocycles. The lowest BCUT2D eigenvalue weighted by Gasteiger charge is -2.29. The second-order valence-corrected chi connectivity index (χ2v) is 8.76. The number of aromatic nitrogens is 4. The third-order valence-electron chi connectivity index (χ3n) is 6.86. The van der Waals surface area contributed by atoms with Crippen molar-refractivity contribution in [3.63, 3.8) is 0 Å². The molecule has 5 rings (SSSR count). The van der Waals surface area contributed by atoms with E-state index in [0.717, 1.165) is 42.0 Å². The summed E-state index contributed by atoms with van der Waals surface area (Å²) in [6, 6.07) is 3.13. The highest BCUT2D eigenvalue weighted by molar-refractivity contribution is 5.81. The maximum absolute atomic E-state index is 14.5. The van der Waals surface area contributed by atoms with Crippen LogP contribution < -0.4 is 10.1 Å². The van der Waals surface area contributed by atoms with Gasteiger partial charge in [-0.25, -0.2) is 9.37 Å². The average Bonchev–Trinajstić information content (AvgIpc) is 3.57. The van der Waals surface area contributed by atoms with Gasteiger partial charge in [0.15, 0.2) is 5.65 Å². The number of nitrogens with zero attached hydrogens (tertiary/aromatic N) is 6. The van der Waals surface area contributed by atoms with Gasteiger partial charge in [-0.3, -0.25) is 14.1 Å². The first kappa shape index (κ1) is 23.2. The molecule has 1 aromatic carbocycles. The minimum absolute atomic E-state index is 0.152. The fraction of sp³-hybridized carbons (Fsp3) is 0.440. The summed E-state index contributed by atoms with van der Waals surface area (Å²) < 4.78 is 21.9. The molecule has 0 fully saturated rings. The number of hydrogen-bond acceptors (Lipinski definition) is 7. The van der Waals surface area contributed by atoms with Crippen LogP contribution in [0.2, 0.25) is 0 Å². The topological polar surface area (TPSA) is 87.9 Å². The number of ether oxygens (including phenoxy) is 1. The van der Waals surface area contributed by atoms with Gasteiger partial charge in [0.1, 0.15) is 17.9 Å². The SMILES string of the molecule is CCN(CC)CC(=O)N1CC=C(c2cnc(NCc3c(F)ccc4c3CCO4)n3cnnc23)CC1. The van der Waals surface area contributed by atoms with Gasteiger partial charge in [-0.1, -0.05) is 19.9 Å². The Morgan fingerprint density at radius 2 is 2.11 bits per heavy atom. The summed E-state index contributed by atoms with van der Waals surface area (Å²) in [6.07, 6.45) is 6.88. The Morgan fingerprint density at radius 1 is 1.26 bits per heavy atom. The van der Waals surface area contributed by atoms with Crippen molar-refractivity contribution in [2.75, 3.05) is 44.6 Å². The van der Waals surface area contributed by atoms with Crippen LogP contribution in [0.1, 0.15) is 37.0 Å². The third kappa shape index (κ3) is 4.58. The van der Waals surface area contributed by atoms with Crippen molar-refractivity contribution in [2.45, 2.75) is 33.2 Å². The monoisotopic (exact) mass is 479 g/mol. The number of rotatable bonds is 8. The summed E-state index contributed by atoms with van der Waals surface area (Å²) in [6.45, 7) is 8.39. The summed E-state index contributed by atoms with van der Waals surface area (Å²) >= 11 is 0. The number of amides is 1. The first-order chi connectivity index (χ1) is 17.1. The number of halogens is 1. The molecule has 3 aromatic rings. The van der Waals surface area contributed by atoms with Crippen LogP contribution in [0.3, 0.4) is 0 Å². The largest absolute Gasteiger partial charge is 0.493 e. The number of hydrogen-bond donors (Lipinski definition) is 1. The van der Waals surface area contributed by atoms with Crippen LogP contribution in [0.25, 0.3) is 11.2 Å². The van der Waals surface area contributed by atoms with Gasteiger partial charge in [-0.2, -0.15) is 0 Å². The summed E-state index contributed by atoms with van der Waals surface area (Å²) in [7, 11) is 0. The minimum Gasteiger partial charge on any atom is -0.493 e. The van der Waals surface area contributed by atoms with Crippen LogP contribution in [0.15, 0.2) is 30.7 Å². The first-order valence-corrected chi connectivity index (χ1v) is 12.1. The van der Waals surface area contributed by atoms with Gasteiger partial charge in [0.2, 0.25) is 11.9 Å². The minimum atomic E-state index is -0.258. The highest BCUT2D eigenvalue weighted by Crippen LogP contribution is 2.31. The van der Waals surface area contributed by atoms with Gasteiger partial charge in [-0.15, -0.1) is 10.2 Å². The summed E-state index contributed by atoms with van der Waals surface area (Å²) in [5.41, 5.74) is 4.17. The lowest BCUT2D eigenvalue weighted by atomic mass is 10.0. The Hall–Kier alpha value is -3.53. The predicted octanol–water partition coefficient (Wildman–Crippen LogP) is 2.77. The zero-order valence-corrected chi connectivity index (χ0v) is 20.1. The molecular weight excluding hydrogens is 449 g/mol. The van der Waals surface area contributed by atoms with Crippen molar-refractivity contribution >= 4 is 23.1 Å². The molecule has 1 N–H and O–H groups in total. The van der Waals surface area contributed by atoms with Gasteiger partial charge >= 0.3 is 0 Å². The maximum atomic E-state index is 14.5. The van der Waals surface area contributed by atoms with Crippen LogP contribution in [-0.4, -0.2) is 74.6 Å². The van der Waals surface area contributed by atoms with Crippen molar-refractivity contribution in [1.82, 2.24) is 29.4 Å². The molecule has 0 saturated carbocycles. The van der Waals surface area contributed by atoms with Crippen molar-refractivity contribution in [1.29, 1.82) is 0 Å². The van der Waals surface area contributed by atoms with E-state index in [9.17, 15) is 9.18 Å². The van der Waals surface area contributed by atoms with Crippen LogP contribution >= 0.6 is 0 Å². The average molecular weight is 480 g/mol. The van der Waals surface area contributed by atoms with Gasteiger partial charge in [-0.05, 0) is 37.2 Å². The fourth-order valence-electron chi connectivity index (χ4n) is 4.73. The van der Waals surface area contributed by atoms with Gasteiger partial charge < -0.3 is 15.0 Å². The van der Waals surface area contributed by atoms with Crippen LogP contribution in [0.4, 0.5) is 10.3 Å². The lowest BCUT2D eigenvalue weighted by molar-refractivity contribution is -0.131. The molecule has 0 unspecified atom stereocenters. The molecule has 4 heterocycles. The van der Waals surface area contributed by atoms with Crippen LogP contribution in [0.5, 0.6) is 5.75 Å². The van der Waals surface area contributed by atoms with Gasteiger partial charge in [0, 0.05) is 48.9 Å². The molecule has 0 atom stereocenters. The van der Waals surface area contributed by atoms with Gasteiger partial charge in [0.05, 0.1) is 13.2 Å². The van der Waals surface area contributed by atoms with Crippen LogP contribution in [-0.2, 0) is 17.8 Å². The normalized spacial score (nSPS) is 15.3. The number of anilines is 1. The van der Waals surface area contributed by atoms with Crippen molar-refractivity contribution in [2.24, 2.45) is 0 Å². The standard InChI is InChI=1S/C25H30FN7O2/c1-3-31(4-2)15-23(34)32-10-7-17(8-11-32)19-13-27-25(33-16-29-30-24(19)33)28-14-20-18-9-12-35-22(18)6-5-21(20)26/h5-7,13,16H,3-4,8-12,14-15H2,1-2H3,(H,27,28). The number of carbonyl (C=O) groups excluding carboxylic acids is 1. The zero-order chi connectivity index (χ0) is 24.4. The van der Waals surface area contributed by atoms with E-state index in [1.54, 1.807) is 23.0 Å². The first-order valence-electron chi connectivity index (χ1n) is 12.1. The van der Waals surface area contributed by atoms with E-state index in [0.29, 0.717) is 49.8 Å². The molecule has 2 aliphatic heterocycles. The summed E-state index contributed by atoms with van der Waals surface area (Å²) in [5.74, 6) is 1.18. The Kier molecular flexibility index (Phi) is 6.63. The molecular formula is C25H30FN7O2. The van der Waals surface area contributed by atoms with E-state index >= 15 is 0 Å². The highest BCUT2D eigenvalue weighted by Gasteiger charge is 2.23. The van der Waals surface area contributed by atoms with E-state index in [4.69, 9.17) is 4.74 Å². The number of likely N-dealkylation sites (N-methyl/N-ethyl adjacent to an activating group) is 1. The second kappa shape index (κ2) is 9.99. The molecule has 2 aliphatic rings. The third-order valence-corrected chi connectivity index (χ3v) is 6.86. The second-order valence-electron chi connectivity index (χ2n) is 8.76. The van der Waals surface area contributed by atoms with Crippen molar-refractivity contribution in [3.8, 4) is 5.75 Å². The van der Waals surface area contributed by atoms with E-state index in [1.807, 2.05) is 4.90 Å². The molecule has 10 heteroatoms. The maximum Gasteiger partial charge on any atom is 0.237 e. The van der Waals surface area contributed by atoms with E-state index in [2.05, 4.69) is 45.3 Å². The van der Waals surface area contributed by atoms with Crippen LogP contribution in [0, 0.1) is 5.82 Å². The zero-order valence-electron chi connectivity index (χ0n) is 20.1. The van der Waals surface area contributed by atoms with E-state index < -0.39 is 0 Å². The van der Waals surface area contributed by atoms with E-state index in [1.165, 1.54) is 6.07 Å². The van der Waals surface area contributed by atoms with E-state index in [-0.39, 0.29) is 18.3 Å². The summed E-state index contributed by atoms with van der Waals surface area (Å²) in [4.78, 5) is 21.3. The Bertz CT molecular complexity index is 1270. The number of benzene rings is 1. The summed E-state index contributed by atoms with van der Waals surface area (Å²) in [5, 5.41) is 11.6. The molecule has 0 spiro atoms. The smallest absolute Gasteiger partial charge is 0.237 e. The Balaban J connectivity index is 1.32. The van der Waals surface area contributed by atoms with Crippen molar-refractivity contribution in [3.05, 3.63) is 53.2 Å². The number of fused-ring (bicyclic) bond motifs is 2. The molecule has 9 nitrogen and oxygen atoms in total. The highest BCUT2D eigenvalue weighted by atomic mass is 19.1. The molecule has 35 heavy (non-hydrogen) atoms. The molecule has 0 radical (unpaired) electrons. The molecule has 1 amide bonds. The number of nitrogens with one attached hydrogen (secondary N) is 1. The fourth-order valence-corrected chi connectivity index (χ4v) is 4.73. The molecule has 2 aromatic heterocycles. The molecule has 0 aliphatic carbocycles.